The molecular weight excluding hydrogens is 360 g/mol. The van der Waals surface area contributed by atoms with Crippen LogP contribution >= 0.6 is 0 Å². The molecule has 2 aliphatic rings. The maximum Gasteiger partial charge on any atom is 0.310 e. The van der Waals surface area contributed by atoms with Gasteiger partial charge < -0.3 is 14.2 Å². The molecule has 9 heteroatoms. The van der Waals surface area contributed by atoms with Crippen LogP contribution in [0, 0.1) is 17.2 Å². The maximum absolute atomic E-state index is 12.9. The summed E-state index contributed by atoms with van der Waals surface area (Å²) in [5.74, 6) is 0.150. The molecule has 1 fully saturated rings. The monoisotopic (exact) mass is 380 g/mol. The zero-order chi connectivity index (χ0) is 18.6. The van der Waals surface area contributed by atoms with Gasteiger partial charge in [-0.1, -0.05) is 0 Å². The third kappa shape index (κ3) is 3.92. The smallest absolute Gasteiger partial charge is 0.310 e. The first kappa shape index (κ1) is 18.5. The number of rotatable bonds is 4. The quantitative estimate of drug-likeness (QED) is 0.725. The lowest BCUT2D eigenvalue weighted by Gasteiger charge is -2.30. The van der Waals surface area contributed by atoms with Crippen molar-refractivity contribution in [3.05, 3.63) is 18.2 Å². The van der Waals surface area contributed by atoms with E-state index in [1.165, 1.54) is 16.4 Å². The highest BCUT2D eigenvalue weighted by Crippen LogP contribution is 2.33. The van der Waals surface area contributed by atoms with Crippen LogP contribution in [0.15, 0.2) is 23.1 Å². The molecule has 0 spiro atoms. The van der Waals surface area contributed by atoms with E-state index >= 15 is 0 Å². The molecule has 0 aliphatic carbocycles. The first-order chi connectivity index (χ1) is 12.5. The Morgan fingerprint density at radius 1 is 1.23 bits per heavy atom. The Morgan fingerprint density at radius 2 is 1.92 bits per heavy atom. The zero-order valence-corrected chi connectivity index (χ0v) is 15.0. The van der Waals surface area contributed by atoms with Crippen molar-refractivity contribution in [1.82, 2.24) is 4.31 Å². The summed E-state index contributed by atoms with van der Waals surface area (Å²) in [6.07, 6.45) is 1.48. The van der Waals surface area contributed by atoms with Gasteiger partial charge in [0.2, 0.25) is 10.0 Å². The van der Waals surface area contributed by atoms with Crippen LogP contribution in [0.25, 0.3) is 0 Å². The fraction of sp³-hybridized carbons (Fsp3) is 0.529. The summed E-state index contributed by atoms with van der Waals surface area (Å²) in [6, 6.07) is 6.36. The first-order valence-electron chi connectivity index (χ1n) is 8.46. The molecule has 3 rings (SSSR count). The summed E-state index contributed by atoms with van der Waals surface area (Å²) in [6.45, 7) is 1.18. The number of hydrogen-bond acceptors (Lipinski definition) is 7. The summed E-state index contributed by atoms with van der Waals surface area (Å²) in [4.78, 5) is 12.0. The standard InChI is InChI=1S/C17H20N2O6S/c18-6-11-25-17(20)13-4-7-19(8-5-13)26(21,22)14-2-3-15-16(12-14)24-10-1-9-23-15/h2-3,12-13H,1,4-5,7-11H2. The Bertz CT molecular complexity index is 809. The van der Waals surface area contributed by atoms with Gasteiger partial charge in [-0.05, 0) is 25.0 Å². The number of benzene rings is 1. The van der Waals surface area contributed by atoms with E-state index in [1.54, 1.807) is 12.1 Å². The fourth-order valence-corrected chi connectivity index (χ4v) is 4.49. The summed E-state index contributed by atoms with van der Waals surface area (Å²) >= 11 is 0. The summed E-state index contributed by atoms with van der Waals surface area (Å²) < 4.78 is 43.0. The molecule has 0 unspecified atom stereocenters. The molecule has 0 aromatic heterocycles. The van der Waals surface area contributed by atoms with Gasteiger partial charge >= 0.3 is 5.97 Å². The van der Waals surface area contributed by atoms with Crippen LogP contribution in [-0.2, 0) is 19.6 Å². The number of nitrogens with zero attached hydrogens (tertiary/aromatic N) is 2. The minimum absolute atomic E-state index is 0.146. The van der Waals surface area contributed by atoms with Gasteiger partial charge in [0.25, 0.3) is 0 Å². The van der Waals surface area contributed by atoms with E-state index < -0.39 is 16.0 Å². The molecule has 1 aromatic carbocycles. The minimum atomic E-state index is -3.68. The second-order valence-electron chi connectivity index (χ2n) is 6.10. The molecule has 140 valence electrons. The van der Waals surface area contributed by atoms with Crippen LogP contribution in [0.1, 0.15) is 19.3 Å². The number of sulfonamides is 1. The molecule has 0 N–H and O–H groups in total. The van der Waals surface area contributed by atoms with E-state index in [9.17, 15) is 13.2 Å². The second-order valence-corrected chi connectivity index (χ2v) is 8.04. The van der Waals surface area contributed by atoms with Crippen molar-refractivity contribution >= 4 is 16.0 Å². The van der Waals surface area contributed by atoms with E-state index in [-0.39, 0.29) is 30.5 Å². The van der Waals surface area contributed by atoms with Gasteiger partial charge in [-0.15, -0.1) is 0 Å². The number of nitriles is 1. The highest BCUT2D eigenvalue weighted by molar-refractivity contribution is 7.89. The van der Waals surface area contributed by atoms with Crippen LogP contribution < -0.4 is 9.47 Å². The number of hydrogen-bond donors (Lipinski definition) is 0. The van der Waals surface area contributed by atoms with Crippen molar-refractivity contribution in [1.29, 1.82) is 5.26 Å². The van der Waals surface area contributed by atoms with Gasteiger partial charge in [0.05, 0.1) is 24.0 Å². The lowest BCUT2D eigenvalue weighted by molar-refractivity contribution is -0.148. The van der Waals surface area contributed by atoms with Crippen molar-refractivity contribution < 1.29 is 27.4 Å². The highest BCUT2D eigenvalue weighted by atomic mass is 32.2. The topological polar surface area (TPSA) is 106 Å². The Kier molecular flexibility index (Phi) is 5.64. The lowest BCUT2D eigenvalue weighted by Crippen LogP contribution is -2.40. The summed E-state index contributed by atoms with van der Waals surface area (Å²) in [5.41, 5.74) is 0. The van der Waals surface area contributed by atoms with Crippen molar-refractivity contribution in [2.45, 2.75) is 24.2 Å². The Hall–Kier alpha value is -2.31. The lowest BCUT2D eigenvalue weighted by atomic mass is 9.98. The third-order valence-corrected chi connectivity index (χ3v) is 6.32. The van der Waals surface area contributed by atoms with Crippen LogP contribution in [0.5, 0.6) is 11.5 Å². The normalized spacial score (nSPS) is 18.6. The van der Waals surface area contributed by atoms with Crippen LogP contribution in [0.4, 0.5) is 0 Å². The van der Waals surface area contributed by atoms with Crippen LogP contribution in [0.3, 0.4) is 0 Å². The molecule has 0 atom stereocenters. The van der Waals surface area contributed by atoms with Gasteiger partial charge in [0, 0.05) is 25.6 Å². The Morgan fingerprint density at radius 3 is 2.62 bits per heavy atom. The van der Waals surface area contributed by atoms with E-state index in [4.69, 9.17) is 19.5 Å². The number of piperidine rings is 1. The van der Waals surface area contributed by atoms with E-state index in [1.807, 2.05) is 0 Å². The van der Waals surface area contributed by atoms with E-state index in [0.29, 0.717) is 37.6 Å². The number of fused-ring (bicyclic) bond motifs is 1. The Labute approximate surface area is 152 Å². The molecular formula is C17H20N2O6S. The van der Waals surface area contributed by atoms with Crippen molar-refractivity contribution in [2.24, 2.45) is 5.92 Å². The summed E-state index contributed by atoms with van der Waals surface area (Å²) in [5, 5.41) is 8.46. The number of esters is 1. The molecule has 1 aromatic rings. The van der Waals surface area contributed by atoms with Gasteiger partial charge in [-0.2, -0.15) is 9.57 Å². The number of carbonyl (C=O) groups is 1. The molecule has 0 amide bonds. The van der Waals surface area contributed by atoms with E-state index in [2.05, 4.69) is 0 Å². The molecule has 0 saturated carbocycles. The SMILES string of the molecule is N#CCOC(=O)C1CCN(S(=O)(=O)c2ccc3c(c2)OCCCO3)CC1. The van der Waals surface area contributed by atoms with Crippen molar-refractivity contribution in [3.8, 4) is 17.6 Å². The largest absolute Gasteiger partial charge is 0.490 e. The van der Waals surface area contributed by atoms with Gasteiger partial charge in [-0.25, -0.2) is 8.42 Å². The third-order valence-electron chi connectivity index (χ3n) is 4.42. The zero-order valence-electron chi connectivity index (χ0n) is 14.2. The van der Waals surface area contributed by atoms with Gasteiger partial charge in [0.15, 0.2) is 18.1 Å². The first-order valence-corrected chi connectivity index (χ1v) is 9.90. The number of carbonyl (C=O) groups excluding carboxylic acids is 1. The average molecular weight is 380 g/mol. The molecule has 1 saturated heterocycles. The molecule has 26 heavy (non-hydrogen) atoms. The second kappa shape index (κ2) is 7.93. The molecule has 2 aliphatic heterocycles. The average Bonchev–Trinajstić information content (AvgIpc) is 2.91. The van der Waals surface area contributed by atoms with Crippen molar-refractivity contribution in [2.75, 3.05) is 32.9 Å². The van der Waals surface area contributed by atoms with E-state index in [0.717, 1.165) is 6.42 Å². The highest BCUT2D eigenvalue weighted by Gasteiger charge is 2.33. The van der Waals surface area contributed by atoms with Crippen molar-refractivity contribution in [3.63, 3.8) is 0 Å². The fourth-order valence-electron chi connectivity index (χ4n) is 3.01. The molecule has 0 radical (unpaired) electrons. The molecule has 8 nitrogen and oxygen atoms in total. The minimum Gasteiger partial charge on any atom is -0.490 e. The van der Waals surface area contributed by atoms with Crippen LogP contribution in [-0.4, -0.2) is 51.6 Å². The molecule has 2 heterocycles. The predicted molar refractivity (Wildman–Crippen MR) is 90.1 cm³/mol. The molecule has 0 bridgehead atoms. The van der Waals surface area contributed by atoms with Gasteiger partial charge in [0.1, 0.15) is 6.07 Å². The predicted octanol–water partition coefficient (Wildman–Crippen LogP) is 1.32. The Balaban J connectivity index is 1.69. The number of ether oxygens (including phenoxy) is 3. The van der Waals surface area contributed by atoms with Gasteiger partial charge in [-0.3, -0.25) is 4.79 Å². The van der Waals surface area contributed by atoms with Crippen LogP contribution in [0.2, 0.25) is 0 Å². The summed E-state index contributed by atoms with van der Waals surface area (Å²) in [7, 11) is -3.68. The maximum atomic E-state index is 12.9.